The fourth-order valence-electron chi connectivity index (χ4n) is 4.74. The monoisotopic (exact) mass is 462 g/mol. The first-order valence-electron chi connectivity index (χ1n) is 10.6. The number of anilines is 2. The number of carbonyl (C=O) groups is 1. The molecular weight excluding hydrogens is 440 g/mol. The van der Waals surface area contributed by atoms with Crippen molar-refractivity contribution in [1.82, 2.24) is 14.8 Å². The zero-order valence-electron chi connectivity index (χ0n) is 18.5. The first kappa shape index (κ1) is 21.4. The molecule has 0 spiro atoms. The molecule has 5 rings (SSSR count). The molecule has 2 atom stereocenters. The van der Waals surface area contributed by atoms with Gasteiger partial charge in [0.2, 0.25) is 11.9 Å². The summed E-state index contributed by atoms with van der Waals surface area (Å²) in [6.45, 7) is 0. The van der Waals surface area contributed by atoms with Crippen LogP contribution in [-0.4, -0.2) is 39.7 Å². The highest BCUT2D eigenvalue weighted by atomic mass is 16.6. The van der Waals surface area contributed by atoms with E-state index in [2.05, 4.69) is 15.4 Å². The van der Waals surface area contributed by atoms with E-state index in [0.29, 0.717) is 40.7 Å². The number of rotatable bonds is 5. The summed E-state index contributed by atoms with van der Waals surface area (Å²) in [4.78, 5) is 29.1. The summed E-state index contributed by atoms with van der Waals surface area (Å²) in [6.07, 6.45) is 0.729. The molecule has 3 N–H and O–H groups in total. The maximum atomic E-state index is 13.6. The van der Waals surface area contributed by atoms with Crippen LogP contribution in [0.4, 0.5) is 17.6 Å². The number of nitrogens with one attached hydrogen (secondary N) is 1. The summed E-state index contributed by atoms with van der Waals surface area (Å²) in [6, 6.07) is 11.1. The lowest BCUT2D eigenvalue weighted by Gasteiger charge is -2.35. The number of ether oxygens (including phenoxy) is 2. The van der Waals surface area contributed by atoms with Gasteiger partial charge in [-0.3, -0.25) is 14.9 Å². The first-order chi connectivity index (χ1) is 16.4. The Kier molecular flexibility index (Phi) is 5.16. The predicted molar refractivity (Wildman–Crippen MR) is 123 cm³/mol. The van der Waals surface area contributed by atoms with Crippen LogP contribution in [0.15, 0.2) is 53.7 Å². The molecule has 0 bridgehead atoms. The molecule has 0 saturated carbocycles. The van der Waals surface area contributed by atoms with Crippen molar-refractivity contribution in [3.8, 4) is 11.5 Å². The normalized spacial score (nSPS) is 19.2. The van der Waals surface area contributed by atoms with Crippen molar-refractivity contribution in [2.45, 2.75) is 24.8 Å². The van der Waals surface area contributed by atoms with E-state index in [4.69, 9.17) is 15.2 Å². The number of nitro groups is 1. The van der Waals surface area contributed by atoms with Gasteiger partial charge in [-0.05, 0) is 36.1 Å². The molecular formula is C23H22N6O5. The molecule has 1 aliphatic carbocycles. The van der Waals surface area contributed by atoms with Crippen molar-refractivity contribution >= 4 is 23.4 Å². The number of fused-ring (bicyclic) bond motifs is 1. The highest BCUT2D eigenvalue weighted by Gasteiger charge is 2.42. The van der Waals surface area contributed by atoms with Crippen molar-refractivity contribution in [3.05, 3.63) is 75.0 Å². The minimum atomic E-state index is -0.809. The molecule has 174 valence electrons. The maximum absolute atomic E-state index is 13.6. The molecule has 11 heteroatoms. The van der Waals surface area contributed by atoms with E-state index in [1.807, 2.05) is 18.2 Å². The number of hydrogen-bond acceptors (Lipinski definition) is 9. The molecule has 0 unspecified atom stereocenters. The molecule has 0 amide bonds. The van der Waals surface area contributed by atoms with Crippen LogP contribution in [0.25, 0.3) is 0 Å². The summed E-state index contributed by atoms with van der Waals surface area (Å²) in [7, 11) is 3.13. The lowest BCUT2D eigenvalue weighted by atomic mass is 9.77. The maximum Gasteiger partial charge on any atom is 0.275 e. The molecule has 0 fully saturated rings. The topological polar surface area (TPSA) is 147 Å². The van der Waals surface area contributed by atoms with Crippen molar-refractivity contribution in [3.63, 3.8) is 0 Å². The fraction of sp³-hybridized carbons (Fsp3) is 0.261. The van der Waals surface area contributed by atoms with Gasteiger partial charge in [0.15, 0.2) is 17.3 Å². The molecule has 0 saturated heterocycles. The Balaban J connectivity index is 1.61. The standard InChI is InChI=1S/C23H22N6O5/c1-33-18-8-7-12(11-19(18)34-2)13-9-15-20(17(30)10-13)21(28-23(25-15)26-22(24)27-28)14-5-3-4-6-16(14)29(31)32/h3-8,11,13,21H,9-10H2,1-2H3,(H3,24,25,26,27)/t13-,21+/m0/s1. The van der Waals surface area contributed by atoms with E-state index in [-0.39, 0.29) is 29.8 Å². The minimum Gasteiger partial charge on any atom is -0.493 e. The second-order valence-corrected chi connectivity index (χ2v) is 8.12. The third-order valence-electron chi connectivity index (χ3n) is 6.24. The van der Waals surface area contributed by atoms with Gasteiger partial charge in [-0.25, -0.2) is 4.68 Å². The van der Waals surface area contributed by atoms with Crippen LogP contribution in [0.2, 0.25) is 0 Å². The van der Waals surface area contributed by atoms with Gasteiger partial charge >= 0.3 is 0 Å². The average Bonchev–Trinajstić information content (AvgIpc) is 3.21. The van der Waals surface area contributed by atoms with E-state index >= 15 is 0 Å². The molecule has 1 aliphatic heterocycles. The molecule has 2 heterocycles. The number of nitrogens with zero attached hydrogens (tertiary/aromatic N) is 4. The Morgan fingerprint density at radius 3 is 2.65 bits per heavy atom. The molecule has 0 radical (unpaired) electrons. The van der Waals surface area contributed by atoms with Crippen LogP contribution in [-0.2, 0) is 4.79 Å². The summed E-state index contributed by atoms with van der Waals surface area (Å²) in [5.41, 5.74) is 8.11. The summed E-state index contributed by atoms with van der Waals surface area (Å²) >= 11 is 0. The number of nitro benzene ring substituents is 1. The van der Waals surface area contributed by atoms with E-state index in [9.17, 15) is 14.9 Å². The summed E-state index contributed by atoms with van der Waals surface area (Å²) < 4.78 is 12.2. The SMILES string of the molecule is COc1ccc([C@@H]2CC(=O)C3=C(C2)Nc2nc(N)nn2[C@@H]3c2ccccc2[N+](=O)[O-])cc1OC. The van der Waals surface area contributed by atoms with E-state index in [0.717, 1.165) is 5.56 Å². The van der Waals surface area contributed by atoms with Gasteiger partial charge < -0.3 is 20.5 Å². The molecule has 11 nitrogen and oxygen atoms in total. The molecule has 34 heavy (non-hydrogen) atoms. The minimum absolute atomic E-state index is 0.00909. The number of nitrogens with two attached hydrogens (primary N) is 1. The lowest BCUT2D eigenvalue weighted by molar-refractivity contribution is -0.385. The molecule has 1 aromatic heterocycles. The highest BCUT2D eigenvalue weighted by molar-refractivity contribution is 6.00. The second kappa shape index (κ2) is 8.18. The molecule has 3 aromatic rings. The van der Waals surface area contributed by atoms with Gasteiger partial charge in [0.05, 0.1) is 24.7 Å². The number of methoxy groups -OCH3 is 2. The Labute approximate surface area is 194 Å². The number of para-hydroxylation sites is 1. The summed E-state index contributed by atoms with van der Waals surface area (Å²) in [5.74, 6) is 1.27. The number of carbonyl (C=O) groups excluding carboxylic acids is 1. The second-order valence-electron chi connectivity index (χ2n) is 8.12. The van der Waals surface area contributed by atoms with Gasteiger partial charge in [0.25, 0.3) is 5.69 Å². The molecule has 2 aromatic carbocycles. The third kappa shape index (κ3) is 3.41. The van der Waals surface area contributed by atoms with E-state index in [1.165, 1.54) is 10.7 Å². The molecule has 2 aliphatic rings. The van der Waals surface area contributed by atoms with Crippen LogP contribution in [0.1, 0.15) is 35.9 Å². The van der Waals surface area contributed by atoms with Gasteiger partial charge in [-0.2, -0.15) is 4.98 Å². The van der Waals surface area contributed by atoms with E-state index in [1.54, 1.807) is 32.4 Å². The van der Waals surface area contributed by atoms with Gasteiger partial charge in [0.1, 0.15) is 6.04 Å². The van der Waals surface area contributed by atoms with Crippen LogP contribution in [0.3, 0.4) is 0 Å². The Hall–Kier alpha value is -4.41. The smallest absolute Gasteiger partial charge is 0.275 e. The highest BCUT2D eigenvalue weighted by Crippen LogP contribution is 2.46. The largest absolute Gasteiger partial charge is 0.493 e. The number of aromatic nitrogens is 3. The van der Waals surface area contributed by atoms with E-state index < -0.39 is 11.0 Å². The summed E-state index contributed by atoms with van der Waals surface area (Å²) in [5, 5.41) is 19.2. The van der Waals surface area contributed by atoms with Crippen molar-refractivity contribution in [1.29, 1.82) is 0 Å². The first-order valence-corrected chi connectivity index (χ1v) is 10.6. The van der Waals surface area contributed by atoms with Crippen LogP contribution in [0.5, 0.6) is 11.5 Å². The number of nitrogen functional groups attached to an aromatic ring is 1. The Morgan fingerprint density at radius 1 is 1.15 bits per heavy atom. The Bertz CT molecular complexity index is 1350. The number of Topliss-reactive ketones (excluding diaryl/α,β-unsaturated/α-hetero) is 1. The number of allylic oxidation sites excluding steroid dienone is 2. The van der Waals surface area contributed by atoms with Crippen LogP contribution >= 0.6 is 0 Å². The Morgan fingerprint density at radius 2 is 1.91 bits per heavy atom. The van der Waals surface area contributed by atoms with Gasteiger partial charge in [-0.1, -0.05) is 18.2 Å². The quantitative estimate of drug-likeness (QED) is 0.431. The lowest BCUT2D eigenvalue weighted by Crippen LogP contribution is -2.34. The number of benzene rings is 2. The van der Waals surface area contributed by atoms with Gasteiger partial charge in [-0.15, -0.1) is 5.10 Å². The zero-order valence-corrected chi connectivity index (χ0v) is 18.5. The predicted octanol–water partition coefficient (Wildman–Crippen LogP) is 3.20. The number of hydrogen-bond donors (Lipinski definition) is 2. The van der Waals surface area contributed by atoms with Crippen molar-refractivity contribution in [2.75, 3.05) is 25.3 Å². The van der Waals surface area contributed by atoms with Crippen molar-refractivity contribution in [2.24, 2.45) is 0 Å². The van der Waals surface area contributed by atoms with Gasteiger partial charge in [0, 0.05) is 23.8 Å². The average molecular weight is 462 g/mol. The van der Waals surface area contributed by atoms with Crippen LogP contribution < -0.4 is 20.5 Å². The number of ketones is 1. The van der Waals surface area contributed by atoms with Crippen molar-refractivity contribution < 1.29 is 19.2 Å². The third-order valence-corrected chi connectivity index (χ3v) is 6.24. The van der Waals surface area contributed by atoms with Crippen LogP contribution in [0, 0.1) is 10.1 Å². The zero-order chi connectivity index (χ0) is 24.0. The fourth-order valence-corrected chi connectivity index (χ4v) is 4.74.